The third-order valence-electron chi connectivity index (χ3n) is 5.91. The predicted octanol–water partition coefficient (Wildman–Crippen LogP) is 3.43. The van der Waals surface area contributed by atoms with E-state index in [0.717, 1.165) is 14.7 Å². The van der Waals surface area contributed by atoms with Crippen molar-refractivity contribution in [1.29, 1.82) is 0 Å². The van der Waals surface area contributed by atoms with Crippen molar-refractivity contribution >= 4 is 54.7 Å². The van der Waals surface area contributed by atoms with Gasteiger partial charge in [0, 0.05) is 39.5 Å². The van der Waals surface area contributed by atoms with Crippen molar-refractivity contribution in [2.75, 3.05) is 0 Å². The second-order valence-corrected chi connectivity index (χ2v) is 11.4. The van der Waals surface area contributed by atoms with Crippen LogP contribution in [0.3, 0.4) is 0 Å². The van der Waals surface area contributed by atoms with E-state index in [0.29, 0.717) is 37.3 Å². The van der Waals surface area contributed by atoms with Crippen LogP contribution in [0.25, 0.3) is 20.3 Å². The van der Waals surface area contributed by atoms with Crippen LogP contribution in [0.2, 0.25) is 0 Å². The monoisotopic (exact) mass is 497 g/mol. The van der Waals surface area contributed by atoms with Gasteiger partial charge in [-0.2, -0.15) is 0 Å². The van der Waals surface area contributed by atoms with Gasteiger partial charge in [0.25, 0.3) is 5.56 Å². The van der Waals surface area contributed by atoms with Crippen LogP contribution < -0.4 is 11.2 Å². The fourth-order valence-corrected chi connectivity index (χ4v) is 8.05. The van der Waals surface area contributed by atoms with E-state index in [1.165, 1.54) is 36.5 Å². The SMILES string of the molecule is CC(C)Cn1c(=O)n(C)c(=O)c2c3c(sc21)C(O)(c1csc2ccccc12)n1cnnc1S3. The van der Waals surface area contributed by atoms with Crippen molar-refractivity contribution in [3.05, 3.63) is 67.3 Å². The fourth-order valence-electron chi connectivity index (χ4n) is 4.38. The number of fused-ring (bicyclic) bond motifs is 5. The molecule has 1 aliphatic rings. The molecule has 0 amide bonds. The molecule has 33 heavy (non-hydrogen) atoms. The molecule has 1 unspecified atom stereocenters. The summed E-state index contributed by atoms with van der Waals surface area (Å²) in [5.74, 6) is 0.203. The summed E-state index contributed by atoms with van der Waals surface area (Å²) in [5.41, 5.74) is -1.63. The maximum absolute atomic E-state index is 13.3. The highest BCUT2D eigenvalue weighted by Gasteiger charge is 2.46. The van der Waals surface area contributed by atoms with Gasteiger partial charge in [-0.05, 0) is 23.7 Å². The quantitative estimate of drug-likeness (QED) is 0.410. The molecule has 0 fully saturated rings. The summed E-state index contributed by atoms with van der Waals surface area (Å²) < 4.78 is 5.50. The highest BCUT2D eigenvalue weighted by Crippen LogP contribution is 2.53. The van der Waals surface area contributed by atoms with Crippen LogP contribution in [-0.4, -0.2) is 29.0 Å². The summed E-state index contributed by atoms with van der Waals surface area (Å²) in [6.07, 6.45) is 1.52. The fraction of sp³-hybridized carbons (Fsp3) is 0.273. The number of hydrogen-bond donors (Lipinski definition) is 1. The van der Waals surface area contributed by atoms with E-state index in [1.54, 1.807) is 20.5 Å². The summed E-state index contributed by atoms with van der Waals surface area (Å²) >= 11 is 4.14. The molecule has 5 heterocycles. The molecule has 0 radical (unpaired) electrons. The van der Waals surface area contributed by atoms with Crippen molar-refractivity contribution in [3.63, 3.8) is 0 Å². The molecule has 1 aliphatic heterocycles. The first-order valence-electron chi connectivity index (χ1n) is 10.4. The third-order valence-corrected chi connectivity index (χ3v) is 9.38. The standard InChI is InChI=1S/C22H19N5O3S3/c1-11(2)8-26-19-15(18(28)25(3)21(26)29)16-17(33-19)22(30,27-10-23-24-20(27)32-16)13-9-31-14-7-5-4-6-12(13)14/h4-7,9-11,30H,8H2,1-3H3. The Morgan fingerprint density at radius 2 is 2.00 bits per heavy atom. The Hall–Kier alpha value is -2.73. The van der Waals surface area contributed by atoms with Gasteiger partial charge in [0.05, 0.1) is 10.3 Å². The van der Waals surface area contributed by atoms with E-state index in [9.17, 15) is 14.7 Å². The summed E-state index contributed by atoms with van der Waals surface area (Å²) in [6.45, 7) is 4.53. The van der Waals surface area contributed by atoms with Crippen LogP contribution in [0.1, 0.15) is 24.3 Å². The number of thiophene rings is 2. The molecule has 0 saturated carbocycles. The molecule has 0 spiro atoms. The number of aliphatic hydroxyl groups is 1. The molecular weight excluding hydrogens is 478 g/mol. The molecule has 1 N–H and O–H groups in total. The molecule has 1 atom stereocenters. The largest absolute Gasteiger partial charge is 0.362 e. The lowest BCUT2D eigenvalue weighted by Gasteiger charge is -2.33. The Kier molecular flexibility index (Phi) is 4.51. The van der Waals surface area contributed by atoms with Crippen LogP contribution >= 0.6 is 34.4 Å². The molecule has 0 saturated heterocycles. The Bertz CT molecular complexity index is 1690. The second-order valence-electron chi connectivity index (χ2n) is 8.49. The average Bonchev–Trinajstić information content (AvgIpc) is 3.52. The maximum atomic E-state index is 13.3. The summed E-state index contributed by atoms with van der Waals surface area (Å²) in [7, 11) is 1.50. The number of nitrogens with zero attached hydrogens (tertiary/aromatic N) is 5. The molecule has 8 nitrogen and oxygen atoms in total. The van der Waals surface area contributed by atoms with Gasteiger partial charge in [0.2, 0.25) is 5.72 Å². The molecule has 4 aromatic heterocycles. The van der Waals surface area contributed by atoms with Gasteiger partial charge in [0.15, 0.2) is 5.16 Å². The minimum absolute atomic E-state index is 0.203. The maximum Gasteiger partial charge on any atom is 0.331 e. The van der Waals surface area contributed by atoms with Gasteiger partial charge in [-0.3, -0.25) is 18.5 Å². The zero-order valence-electron chi connectivity index (χ0n) is 18.0. The Morgan fingerprint density at radius 3 is 2.79 bits per heavy atom. The van der Waals surface area contributed by atoms with E-state index in [1.807, 2.05) is 43.5 Å². The normalized spacial score (nSPS) is 17.7. The van der Waals surface area contributed by atoms with Gasteiger partial charge in [-0.15, -0.1) is 32.9 Å². The predicted molar refractivity (Wildman–Crippen MR) is 131 cm³/mol. The highest BCUT2D eigenvalue weighted by molar-refractivity contribution is 7.99. The van der Waals surface area contributed by atoms with Gasteiger partial charge >= 0.3 is 5.69 Å². The Labute approximate surface area is 199 Å². The van der Waals surface area contributed by atoms with E-state index < -0.39 is 5.72 Å². The molecule has 11 heteroatoms. The van der Waals surface area contributed by atoms with Crippen molar-refractivity contribution in [3.8, 4) is 0 Å². The molecule has 6 rings (SSSR count). The van der Waals surface area contributed by atoms with Crippen LogP contribution in [0.15, 0.2) is 55.6 Å². The van der Waals surface area contributed by atoms with Crippen LogP contribution in [0.4, 0.5) is 0 Å². The van der Waals surface area contributed by atoms with Crippen molar-refractivity contribution in [1.82, 2.24) is 23.9 Å². The number of hydrogen-bond acceptors (Lipinski definition) is 8. The summed E-state index contributed by atoms with van der Waals surface area (Å²) in [4.78, 5) is 28.1. The van der Waals surface area contributed by atoms with Crippen LogP contribution in [-0.2, 0) is 19.3 Å². The second kappa shape index (κ2) is 7.13. The first-order chi connectivity index (χ1) is 15.8. The molecule has 1 aromatic carbocycles. The molecule has 0 aliphatic carbocycles. The van der Waals surface area contributed by atoms with Crippen molar-refractivity contribution in [2.45, 2.75) is 36.2 Å². The van der Waals surface area contributed by atoms with Crippen molar-refractivity contribution in [2.24, 2.45) is 13.0 Å². The average molecular weight is 498 g/mol. The third kappa shape index (κ3) is 2.73. The van der Waals surface area contributed by atoms with Crippen LogP contribution in [0, 0.1) is 5.92 Å². The van der Waals surface area contributed by atoms with Gasteiger partial charge in [-0.1, -0.05) is 32.0 Å². The van der Waals surface area contributed by atoms with Gasteiger partial charge < -0.3 is 5.11 Å². The number of aromatic nitrogens is 5. The lowest BCUT2D eigenvalue weighted by molar-refractivity contribution is 0.0411. The van der Waals surface area contributed by atoms with Crippen molar-refractivity contribution < 1.29 is 5.11 Å². The number of rotatable bonds is 3. The molecule has 5 aromatic rings. The molecule has 168 valence electrons. The zero-order chi connectivity index (χ0) is 23.1. The summed E-state index contributed by atoms with van der Waals surface area (Å²) in [6, 6.07) is 7.90. The lowest BCUT2D eigenvalue weighted by Crippen LogP contribution is -2.39. The highest BCUT2D eigenvalue weighted by atomic mass is 32.2. The zero-order valence-corrected chi connectivity index (χ0v) is 20.4. The topological polar surface area (TPSA) is 94.9 Å². The minimum atomic E-state index is -1.60. The first-order valence-corrected chi connectivity index (χ1v) is 12.9. The Balaban J connectivity index is 1.76. The Morgan fingerprint density at radius 1 is 1.21 bits per heavy atom. The van der Waals surface area contributed by atoms with E-state index >= 15 is 0 Å². The summed E-state index contributed by atoms with van der Waals surface area (Å²) in [5, 5.41) is 24.5. The first kappa shape index (κ1) is 20.8. The van der Waals surface area contributed by atoms with Crippen LogP contribution in [0.5, 0.6) is 0 Å². The lowest BCUT2D eigenvalue weighted by atomic mass is 9.99. The van der Waals surface area contributed by atoms with Gasteiger partial charge in [-0.25, -0.2) is 4.79 Å². The van der Waals surface area contributed by atoms with E-state index in [2.05, 4.69) is 10.2 Å². The number of benzene rings is 1. The smallest absolute Gasteiger partial charge is 0.331 e. The molecular formula is C22H19N5O3S3. The van der Waals surface area contributed by atoms with E-state index in [4.69, 9.17) is 0 Å². The van der Waals surface area contributed by atoms with E-state index in [-0.39, 0.29) is 17.2 Å². The van der Waals surface area contributed by atoms with Gasteiger partial charge in [0.1, 0.15) is 11.2 Å². The minimum Gasteiger partial charge on any atom is -0.362 e. The molecule has 0 bridgehead atoms.